The molecule has 4 atom stereocenters. The van der Waals surface area contributed by atoms with Crippen LogP contribution >= 0.6 is 0 Å². The number of nitrogens with one attached hydrogen (secondary N) is 1. The number of aliphatic hydroxyl groups is 4. The number of allylic oxidation sites excluding steroid dienone is 4. The molecule has 1 amide bonds. The molecule has 6 nitrogen and oxygen atoms in total. The number of amides is 1. The second-order valence-corrected chi connectivity index (χ2v) is 20.3. The number of carbonyl (C=O) groups excluding carboxylic acids is 1. The molecule has 0 aromatic heterocycles. The van der Waals surface area contributed by atoms with E-state index >= 15 is 0 Å². The van der Waals surface area contributed by atoms with Gasteiger partial charge >= 0.3 is 0 Å². The number of hydrogen-bond acceptors (Lipinski definition) is 5. The minimum Gasteiger partial charge on any atom is -0.394 e. The predicted molar refractivity (Wildman–Crippen MR) is 284 cm³/mol. The third-order valence-corrected chi connectivity index (χ3v) is 13.9. The minimum absolute atomic E-state index is 0.365. The first-order chi connectivity index (χ1) is 32.0. The molecule has 6 heteroatoms. The second-order valence-electron chi connectivity index (χ2n) is 20.3. The predicted octanol–water partition coefficient (Wildman–Crippen LogP) is 17.0. The van der Waals surface area contributed by atoms with Crippen molar-refractivity contribution < 1.29 is 25.2 Å². The molecular formula is C59H115NO5. The Balaban J connectivity index is 3.65. The van der Waals surface area contributed by atoms with Crippen molar-refractivity contribution in [3.8, 4) is 0 Å². The fourth-order valence-electron chi connectivity index (χ4n) is 9.31. The number of aliphatic hydroxyl groups excluding tert-OH is 4. The van der Waals surface area contributed by atoms with Crippen molar-refractivity contribution >= 4 is 5.91 Å². The van der Waals surface area contributed by atoms with Gasteiger partial charge in [0.25, 0.3) is 0 Å². The van der Waals surface area contributed by atoms with Gasteiger partial charge in [-0.1, -0.05) is 289 Å². The second kappa shape index (κ2) is 53.7. The maximum Gasteiger partial charge on any atom is 0.249 e. The zero-order chi connectivity index (χ0) is 47.4. The first-order valence-corrected chi connectivity index (χ1v) is 29.2. The largest absolute Gasteiger partial charge is 0.394 e. The summed E-state index contributed by atoms with van der Waals surface area (Å²) < 4.78 is 0. The number of unbranched alkanes of at least 4 members (excludes halogenated alkanes) is 41. The summed E-state index contributed by atoms with van der Waals surface area (Å²) in [5, 5.41) is 44.0. The van der Waals surface area contributed by atoms with Crippen molar-refractivity contribution in [3.05, 3.63) is 24.3 Å². The van der Waals surface area contributed by atoms with E-state index in [-0.39, 0.29) is 0 Å². The lowest BCUT2D eigenvalue weighted by Gasteiger charge is -2.27. The average molecular weight is 919 g/mol. The molecule has 0 saturated heterocycles. The molecule has 0 spiro atoms. The molecular weight excluding hydrogens is 803 g/mol. The molecule has 0 rings (SSSR count). The van der Waals surface area contributed by atoms with E-state index in [1.165, 1.54) is 244 Å². The summed E-state index contributed by atoms with van der Waals surface area (Å²) in [5.41, 5.74) is 0. The Kier molecular flexibility index (Phi) is 52.7. The lowest BCUT2D eigenvalue weighted by atomic mass is 10.00. The fraction of sp³-hybridized carbons (Fsp3) is 0.915. The van der Waals surface area contributed by atoms with Crippen molar-refractivity contribution in [2.75, 3.05) is 6.61 Å². The molecule has 0 saturated carbocycles. The zero-order valence-electron chi connectivity index (χ0n) is 43.8. The normalized spacial score (nSPS) is 13.9. The van der Waals surface area contributed by atoms with Gasteiger partial charge in [-0.2, -0.15) is 0 Å². The number of rotatable bonds is 54. The molecule has 0 bridgehead atoms. The summed E-state index contributed by atoms with van der Waals surface area (Å²) in [6.07, 6.45) is 65.4. The monoisotopic (exact) mass is 918 g/mol. The molecule has 0 aromatic carbocycles. The van der Waals surface area contributed by atoms with Crippen LogP contribution in [0.25, 0.3) is 0 Å². The van der Waals surface area contributed by atoms with Crippen LogP contribution in [0.15, 0.2) is 24.3 Å². The first-order valence-electron chi connectivity index (χ1n) is 29.2. The van der Waals surface area contributed by atoms with Gasteiger partial charge in [0.15, 0.2) is 0 Å². The summed E-state index contributed by atoms with van der Waals surface area (Å²) >= 11 is 0. The smallest absolute Gasteiger partial charge is 0.249 e. The zero-order valence-corrected chi connectivity index (χ0v) is 43.8. The molecule has 65 heavy (non-hydrogen) atoms. The molecule has 4 unspecified atom stereocenters. The van der Waals surface area contributed by atoms with Crippen molar-refractivity contribution in [1.29, 1.82) is 0 Å². The van der Waals surface area contributed by atoms with Crippen molar-refractivity contribution in [2.45, 2.75) is 340 Å². The van der Waals surface area contributed by atoms with Crippen LogP contribution in [-0.2, 0) is 4.79 Å². The van der Waals surface area contributed by atoms with Gasteiger partial charge in [0, 0.05) is 0 Å². The fourth-order valence-corrected chi connectivity index (χ4v) is 9.31. The van der Waals surface area contributed by atoms with Crippen LogP contribution < -0.4 is 5.32 Å². The van der Waals surface area contributed by atoms with E-state index < -0.39 is 36.9 Å². The number of carbonyl (C=O) groups is 1. The molecule has 5 N–H and O–H groups in total. The Labute approximate surface area is 405 Å². The van der Waals surface area contributed by atoms with Gasteiger partial charge in [0.1, 0.15) is 12.2 Å². The Morgan fingerprint density at radius 3 is 0.969 bits per heavy atom. The van der Waals surface area contributed by atoms with Gasteiger partial charge < -0.3 is 25.7 Å². The van der Waals surface area contributed by atoms with E-state index in [0.29, 0.717) is 19.3 Å². The Morgan fingerprint density at radius 1 is 0.369 bits per heavy atom. The standard InChI is InChI=1S/C59H115NO5/c1-3-5-7-9-11-13-15-17-19-21-23-25-27-28-29-31-32-34-36-38-40-42-44-46-48-50-52-56(62)58(64)55(54-61)60-59(65)57(63)53-51-49-47-45-43-41-39-37-35-33-30-26-24-22-20-18-16-14-12-10-8-6-4-2/h36,38,44,46,55-58,61-64H,3-35,37,39-43,45,47-54H2,1-2H3,(H,60,65)/b38-36+,46-44+. The highest BCUT2D eigenvalue weighted by Gasteiger charge is 2.28. The van der Waals surface area contributed by atoms with Gasteiger partial charge in [-0.05, 0) is 51.4 Å². The number of hydrogen-bond donors (Lipinski definition) is 5. The molecule has 0 aromatic rings. The first kappa shape index (κ1) is 63.8. The van der Waals surface area contributed by atoms with Crippen molar-refractivity contribution in [2.24, 2.45) is 0 Å². The highest BCUT2D eigenvalue weighted by molar-refractivity contribution is 5.80. The molecule has 0 aliphatic rings. The average Bonchev–Trinajstić information content (AvgIpc) is 3.31. The molecule has 0 aliphatic heterocycles. The molecule has 0 fully saturated rings. The van der Waals surface area contributed by atoms with Crippen molar-refractivity contribution in [3.63, 3.8) is 0 Å². The highest BCUT2D eigenvalue weighted by Crippen LogP contribution is 2.18. The summed E-state index contributed by atoms with van der Waals surface area (Å²) in [4.78, 5) is 12.6. The third kappa shape index (κ3) is 47.6. The highest BCUT2D eigenvalue weighted by atomic mass is 16.3. The van der Waals surface area contributed by atoms with Crippen molar-refractivity contribution in [1.82, 2.24) is 5.32 Å². The lowest BCUT2D eigenvalue weighted by molar-refractivity contribution is -0.132. The minimum atomic E-state index is -1.29. The van der Waals surface area contributed by atoms with Crippen LogP contribution in [0.1, 0.15) is 316 Å². The van der Waals surface area contributed by atoms with E-state index in [4.69, 9.17) is 0 Å². The summed E-state index contributed by atoms with van der Waals surface area (Å²) in [7, 11) is 0. The Hall–Kier alpha value is -1.21. The van der Waals surface area contributed by atoms with E-state index in [9.17, 15) is 25.2 Å². The van der Waals surface area contributed by atoms with E-state index in [1.807, 2.05) is 0 Å². The van der Waals surface area contributed by atoms with E-state index in [0.717, 1.165) is 38.5 Å². The molecule has 386 valence electrons. The lowest BCUT2D eigenvalue weighted by Crippen LogP contribution is -2.53. The Morgan fingerprint density at radius 2 is 0.646 bits per heavy atom. The summed E-state index contributed by atoms with van der Waals surface area (Å²) in [6.45, 7) is 4.08. The van der Waals surface area contributed by atoms with Crippen LogP contribution in [0.4, 0.5) is 0 Å². The van der Waals surface area contributed by atoms with Crippen LogP contribution in [0, 0.1) is 0 Å². The third-order valence-electron chi connectivity index (χ3n) is 13.9. The molecule has 0 aliphatic carbocycles. The van der Waals surface area contributed by atoms with Crippen LogP contribution in [0.2, 0.25) is 0 Å². The van der Waals surface area contributed by atoms with Crippen LogP contribution in [0.3, 0.4) is 0 Å². The van der Waals surface area contributed by atoms with E-state index in [1.54, 1.807) is 0 Å². The van der Waals surface area contributed by atoms with Gasteiger partial charge in [0.05, 0.1) is 18.8 Å². The SMILES string of the molecule is CCCCCCCCCCCCCCCCCCC/C=C/CC/C=C/CCCC(O)C(O)C(CO)NC(=O)C(O)CCCCCCCCCCCCCCCCCCCCCCCCC. The van der Waals surface area contributed by atoms with Crippen LogP contribution in [-0.4, -0.2) is 57.3 Å². The van der Waals surface area contributed by atoms with Crippen LogP contribution in [0.5, 0.6) is 0 Å². The molecule has 0 radical (unpaired) electrons. The van der Waals surface area contributed by atoms with Gasteiger partial charge in [-0.25, -0.2) is 0 Å². The Bertz CT molecular complexity index is 986. The van der Waals surface area contributed by atoms with Gasteiger partial charge in [-0.3, -0.25) is 4.79 Å². The quantitative estimate of drug-likeness (QED) is 0.0308. The summed E-state index contributed by atoms with van der Waals surface area (Å²) in [5.74, 6) is -0.591. The van der Waals surface area contributed by atoms with Gasteiger partial charge in [-0.15, -0.1) is 0 Å². The summed E-state index contributed by atoms with van der Waals surface area (Å²) in [6, 6.07) is -1.01. The molecule has 0 heterocycles. The maximum absolute atomic E-state index is 12.6. The maximum atomic E-state index is 12.6. The van der Waals surface area contributed by atoms with Gasteiger partial charge in [0.2, 0.25) is 5.91 Å². The van der Waals surface area contributed by atoms with E-state index in [2.05, 4.69) is 43.5 Å². The topological polar surface area (TPSA) is 110 Å².